The molecular formula is C33H40FN3O5S. The van der Waals surface area contributed by atoms with Crippen LogP contribution >= 0.6 is 0 Å². The molecule has 4 rings (SSSR count). The standard InChI is InChI=1S/C33H40FN3O5S/c1-4-31(33(39)35-27-11-6-5-7-12-27)36(22-25-10-8-9-24(2)21-25)32(38)23-37(28-15-13-26(34)14-16-28)43(40,41)30-19-17-29(42-3)18-20-30/h8-10,13-21,27,31H,4-7,11-12,22-23H2,1-3H3,(H,35,39)/t31-/m1/s1. The van der Waals surface area contributed by atoms with Crippen molar-refractivity contribution in [2.75, 3.05) is 18.0 Å². The van der Waals surface area contributed by atoms with E-state index in [0.717, 1.165) is 59.7 Å². The molecule has 1 aliphatic rings. The first kappa shape index (κ1) is 32.0. The van der Waals surface area contributed by atoms with Crippen LogP contribution in [0.1, 0.15) is 56.6 Å². The molecule has 1 N–H and O–H groups in total. The second-order valence-electron chi connectivity index (χ2n) is 10.9. The summed E-state index contributed by atoms with van der Waals surface area (Å²) in [7, 11) is -2.79. The Morgan fingerprint density at radius 3 is 2.28 bits per heavy atom. The van der Waals surface area contributed by atoms with Gasteiger partial charge in [0, 0.05) is 12.6 Å². The summed E-state index contributed by atoms with van der Waals surface area (Å²) in [6.07, 6.45) is 5.37. The Hall–Kier alpha value is -3.92. The predicted octanol–water partition coefficient (Wildman–Crippen LogP) is 5.59. The Morgan fingerprint density at radius 2 is 1.67 bits per heavy atom. The first-order chi connectivity index (χ1) is 20.6. The van der Waals surface area contributed by atoms with Crippen LogP contribution in [0.15, 0.2) is 77.7 Å². The number of ether oxygens (including phenoxy) is 1. The maximum absolute atomic E-state index is 14.2. The molecule has 0 radical (unpaired) electrons. The van der Waals surface area contributed by atoms with Gasteiger partial charge in [0.05, 0.1) is 17.7 Å². The van der Waals surface area contributed by atoms with Crippen LogP contribution in [0.3, 0.4) is 0 Å². The highest BCUT2D eigenvalue weighted by atomic mass is 32.2. The summed E-state index contributed by atoms with van der Waals surface area (Å²) >= 11 is 0. The van der Waals surface area contributed by atoms with Crippen LogP contribution in [0.4, 0.5) is 10.1 Å². The highest BCUT2D eigenvalue weighted by Gasteiger charge is 2.34. The van der Waals surface area contributed by atoms with E-state index >= 15 is 0 Å². The Bertz CT molecular complexity index is 1490. The quantitative estimate of drug-likeness (QED) is 0.289. The Kier molecular flexibility index (Phi) is 10.8. The predicted molar refractivity (Wildman–Crippen MR) is 165 cm³/mol. The fourth-order valence-corrected chi connectivity index (χ4v) is 6.90. The van der Waals surface area contributed by atoms with E-state index in [0.29, 0.717) is 12.2 Å². The number of methoxy groups -OCH3 is 1. The number of nitrogens with zero attached hydrogens (tertiary/aromatic N) is 2. The summed E-state index contributed by atoms with van der Waals surface area (Å²) in [6, 6.07) is 17.7. The normalized spacial score (nSPS) is 14.5. The minimum atomic E-state index is -4.27. The lowest BCUT2D eigenvalue weighted by atomic mass is 9.95. The number of sulfonamides is 1. The topological polar surface area (TPSA) is 96.0 Å². The third-order valence-corrected chi connectivity index (χ3v) is 9.60. The number of hydrogen-bond donors (Lipinski definition) is 1. The number of hydrogen-bond acceptors (Lipinski definition) is 5. The largest absolute Gasteiger partial charge is 0.497 e. The van der Waals surface area contributed by atoms with Crippen LogP contribution in [0, 0.1) is 12.7 Å². The second-order valence-corrected chi connectivity index (χ2v) is 12.8. The molecule has 1 saturated carbocycles. The van der Waals surface area contributed by atoms with Gasteiger partial charge >= 0.3 is 0 Å². The third kappa shape index (κ3) is 8.13. The zero-order chi connectivity index (χ0) is 31.0. The van der Waals surface area contributed by atoms with Crippen molar-refractivity contribution in [2.24, 2.45) is 0 Å². The van der Waals surface area contributed by atoms with Gasteiger partial charge in [-0.2, -0.15) is 0 Å². The number of anilines is 1. The highest BCUT2D eigenvalue weighted by molar-refractivity contribution is 7.92. The van der Waals surface area contributed by atoms with E-state index in [9.17, 15) is 22.4 Å². The van der Waals surface area contributed by atoms with Crippen molar-refractivity contribution in [1.29, 1.82) is 0 Å². The molecule has 8 nitrogen and oxygen atoms in total. The number of amides is 2. The zero-order valence-corrected chi connectivity index (χ0v) is 25.8. The highest BCUT2D eigenvalue weighted by Crippen LogP contribution is 2.27. The monoisotopic (exact) mass is 609 g/mol. The van der Waals surface area contributed by atoms with Gasteiger partial charge in [0.1, 0.15) is 24.2 Å². The summed E-state index contributed by atoms with van der Waals surface area (Å²) in [6.45, 7) is 3.32. The molecule has 43 heavy (non-hydrogen) atoms. The molecular weight excluding hydrogens is 569 g/mol. The van der Waals surface area contributed by atoms with Crippen LogP contribution in [-0.4, -0.2) is 50.9 Å². The molecule has 1 atom stereocenters. The van der Waals surface area contributed by atoms with Gasteiger partial charge in [0.25, 0.3) is 10.0 Å². The lowest BCUT2D eigenvalue weighted by Gasteiger charge is -2.34. The maximum atomic E-state index is 14.2. The van der Waals surface area contributed by atoms with E-state index in [-0.39, 0.29) is 29.1 Å². The lowest BCUT2D eigenvalue weighted by molar-refractivity contribution is -0.140. The molecule has 3 aromatic rings. The molecule has 0 bridgehead atoms. The molecule has 0 aromatic heterocycles. The third-order valence-electron chi connectivity index (χ3n) is 7.81. The molecule has 2 amide bonds. The second kappa shape index (κ2) is 14.5. The fraction of sp³-hybridized carbons (Fsp3) is 0.394. The molecule has 0 aliphatic heterocycles. The Labute approximate surface area is 253 Å². The Morgan fingerprint density at radius 1 is 1.00 bits per heavy atom. The molecule has 1 aliphatic carbocycles. The van der Waals surface area contributed by atoms with E-state index in [1.165, 1.54) is 48.4 Å². The molecule has 0 saturated heterocycles. The van der Waals surface area contributed by atoms with Crippen LogP contribution in [0.2, 0.25) is 0 Å². The van der Waals surface area contributed by atoms with Gasteiger partial charge in [-0.3, -0.25) is 13.9 Å². The number of aryl methyl sites for hydroxylation is 1. The SMILES string of the molecule is CC[C@H](C(=O)NC1CCCCC1)N(Cc1cccc(C)c1)C(=O)CN(c1ccc(F)cc1)S(=O)(=O)c1ccc(OC)cc1. The average Bonchev–Trinajstić information content (AvgIpc) is 3.00. The fourth-order valence-electron chi connectivity index (χ4n) is 5.48. The van der Waals surface area contributed by atoms with Crippen molar-refractivity contribution in [1.82, 2.24) is 10.2 Å². The number of benzene rings is 3. The van der Waals surface area contributed by atoms with Crippen LogP contribution in [-0.2, 0) is 26.2 Å². The van der Waals surface area contributed by atoms with E-state index < -0.39 is 34.3 Å². The van der Waals surface area contributed by atoms with Crippen LogP contribution in [0.5, 0.6) is 5.75 Å². The van der Waals surface area contributed by atoms with Crippen LogP contribution in [0.25, 0.3) is 0 Å². The van der Waals surface area contributed by atoms with Crippen molar-refractivity contribution < 1.29 is 27.1 Å². The minimum Gasteiger partial charge on any atom is -0.497 e. The van der Waals surface area contributed by atoms with Crippen molar-refractivity contribution in [3.8, 4) is 5.75 Å². The van der Waals surface area contributed by atoms with Crippen molar-refractivity contribution in [3.63, 3.8) is 0 Å². The zero-order valence-electron chi connectivity index (χ0n) is 25.0. The Balaban J connectivity index is 1.70. The number of nitrogens with one attached hydrogen (secondary N) is 1. The lowest BCUT2D eigenvalue weighted by Crippen LogP contribution is -2.54. The molecule has 0 heterocycles. The molecule has 1 fully saturated rings. The molecule has 0 unspecified atom stereocenters. The minimum absolute atomic E-state index is 0.0531. The number of carbonyl (C=O) groups excluding carboxylic acids is 2. The summed E-state index contributed by atoms with van der Waals surface area (Å²) in [5.74, 6) is -0.860. The number of carbonyl (C=O) groups is 2. The van der Waals surface area contributed by atoms with Crippen molar-refractivity contribution in [2.45, 2.75) is 75.9 Å². The van der Waals surface area contributed by atoms with Crippen LogP contribution < -0.4 is 14.4 Å². The van der Waals surface area contributed by atoms with Gasteiger partial charge < -0.3 is 15.0 Å². The van der Waals surface area contributed by atoms with Crippen molar-refractivity contribution in [3.05, 3.63) is 89.7 Å². The smallest absolute Gasteiger partial charge is 0.264 e. The van der Waals surface area contributed by atoms with Gasteiger partial charge in [0.2, 0.25) is 11.8 Å². The van der Waals surface area contributed by atoms with Gasteiger partial charge in [-0.05, 0) is 80.3 Å². The molecule has 0 spiro atoms. The van der Waals surface area contributed by atoms with E-state index in [4.69, 9.17) is 4.74 Å². The maximum Gasteiger partial charge on any atom is 0.264 e. The average molecular weight is 610 g/mol. The molecule has 3 aromatic carbocycles. The number of rotatable bonds is 12. The van der Waals surface area contributed by atoms with Gasteiger partial charge in [0.15, 0.2) is 0 Å². The summed E-state index contributed by atoms with van der Waals surface area (Å²) in [5, 5.41) is 3.14. The summed E-state index contributed by atoms with van der Waals surface area (Å²) < 4.78 is 47.9. The first-order valence-corrected chi connectivity index (χ1v) is 16.1. The van der Waals surface area contributed by atoms with Crippen molar-refractivity contribution >= 4 is 27.5 Å². The van der Waals surface area contributed by atoms with Gasteiger partial charge in [-0.1, -0.05) is 56.0 Å². The van der Waals surface area contributed by atoms with Gasteiger partial charge in [-0.15, -0.1) is 0 Å². The summed E-state index contributed by atoms with van der Waals surface area (Å²) in [4.78, 5) is 29.2. The number of halogens is 1. The van der Waals surface area contributed by atoms with E-state index in [1.807, 2.05) is 38.1 Å². The van der Waals surface area contributed by atoms with E-state index in [2.05, 4.69) is 5.32 Å². The summed E-state index contributed by atoms with van der Waals surface area (Å²) in [5.41, 5.74) is 1.95. The van der Waals surface area contributed by atoms with Gasteiger partial charge in [-0.25, -0.2) is 12.8 Å². The molecule has 230 valence electrons. The first-order valence-electron chi connectivity index (χ1n) is 14.7. The molecule has 10 heteroatoms. The van der Waals surface area contributed by atoms with E-state index in [1.54, 1.807) is 0 Å².